The fraction of sp³-hybridized carbons (Fsp3) is 0.143. The summed E-state index contributed by atoms with van der Waals surface area (Å²) in [6.07, 6.45) is 1.85. The molecule has 0 radical (unpaired) electrons. The number of aromatic nitrogens is 1. The molecule has 0 spiro atoms. The van der Waals surface area contributed by atoms with Gasteiger partial charge in [0.2, 0.25) is 0 Å². The van der Waals surface area contributed by atoms with Gasteiger partial charge in [-0.3, -0.25) is 0 Å². The van der Waals surface area contributed by atoms with Crippen molar-refractivity contribution in [3.8, 4) is 6.07 Å². The van der Waals surface area contributed by atoms with Gasteiger partial charge >= 0.3 is 0 Å². The minimum Gasteiger partial charge on any atom is -0.238 e. The van der Waals surface area contributed by atoms with Crippen LogP contribution in [0, 0.1) is 32.1 Å². The third-order valence-electron chi connectivity index (χ3n) is 3.80. The van der Waals surface area contributed by atoms with Crippen molar-refractivity contribution in [1.29, 1.82) is 5.26 Å². The molecule has 1 aromatic heterocycles. The van der Waals surface area contributed by atoms with Gasteiger partial charge in [0.15, 0.2) is 5.00 Å². The molecule has 0 aliphatic carbocycles. The summed E-state index contributed by atoms with van der Waals surface area (Å²) in [7, 11) is 0. The topological polar surface area (TPSA) is 61.4 Å². The molecule has 0 saturated heterocycles. The second kappa shape index (κ2) is 7.85. The lowest BCUT2D eigenvalue weighted by Crippen LogP contribution is -1.82. The number of allylic oxidation sites excluding steroid dienone is 1. The van der Waals surface area contributed by atoms with Crippen LogP contribution in [0.3, 0.4) is 0 Å². The quantitative estimate of drug-likeness (QED) is 0.392. The van der Waals surface area contributed by atoms with E-state index in [0.717, 1.165) is 16.9 Å². The summed E-state index contributed by atoms with van der Waals surface area (Å²) in [6.45, 7) is 5.95. The number of nitrogens with zero attached hydrogens (tertiary/aromatic N) is 4. The molecule has 4 nitrogen and oxygen atoms in total. The number of thiazole rings is 1. The number of hydrogen-bond acceptors (Lipinski definition) is 5. The van der Waals surface area contributed by atoms with Gasteiger partial charge in [0.05, 0.1) is 17.0 Å². The first kappa shape index (κ1) is 17.7. The van der Waals surface area contributed by atoms with Crippen LogP contribution in [0.15, 0.2) is 58.8 Å². The van der Waals surface area contributed by atoms with Crippen molar-refractivity contribution in [3.05, 3.63) is 75.9 Å². The van der Waals surface area contributed by atoms with Crippen LogP contribution in [0.2, 0.25) is 0 Å². The summed E-state index contributed by atoms with van der Waals surface area (Å²) >= 11 is 1.37. The SMILES string of the molecule is Cc1ccc(/C=C(/C#N)c2nc(C)c(N=Nc3ccc(C)cc3)s2)cc1. The molecule has 26 heavy (non-hydrogen) atoms. The van der Waals surface area contributed by atoms with E-state index >= 15 is 0 Å². The average Bonchev–Trinajstić information content (AvgIpc) is 3.01. The molecule has 0 bridgehead atoms. The van der Waals surface area contributed by atoms with E-state index in [4.69, 9.17) is 0 Å². The maximum Gasteiger partial charge on any atom is 0.162 e. The zero-order valence-electron chi connectivity index (χ0n) is 14.9. The number of aryl methyl sites for hydroxylation is 3. The summed E-state index contributed by atoms with van der Waals surface area (Å²) in [4.78, 5) is 4.50. The van der Waals surface area contributed by atoms with Crippen molar-refractivity contribution in [3.63, 3.8) is 0 Å². The number of benzene rings is 2. The van der Waals surface area contributed by atoms with Crippen LogP contribution in [0.4, 0.5) is 10.7 Å². The third kappa shape index (κ3) is 4.29. The van der Waals surface area contributed by atoms with E-state index in [9.17, 15) is 5.26 Å². The van der Waals surface area contributed by atoms with Crippen LogP contribution < -0.4 is 0 Å². The smallest absolute Gasteiger partial charge is 0.162 e. The normalized spacial score (nSPS) is 11.7. The Bertz CT molecular complexity index is 1000. The molecule has 0 amide bonds. The van der Waals surface area contributed by atoms with Crippen LogP contribution >= 0.6 is 11.3 Å². The van der Waals surface area contributed by atoms with Crippen LogP contribution in [-0.2, 0) is 0 Å². The van der Waals surface area contributed by atoms with E-state index in [-0.39, 0.29) is 0 Å². The number of hydrogen-bond donors (Lipinski definition) is 0. The molecule has 128 valence electrons. The van der Waals surface area contributed by atoms with Crippen molar-refractivity contribution in [2.45, 2.75) is 20.8 Å². The molecule has 0 saturated carbocycles. The minimum absolute atomic E-state index is 0.527. The molecular weight excluding hydrogens is 340 g/mol. The Hall–Kier alpha value is -3.10. The molecule has 3 rings (SSSR count). The molecule has 0 unspecified atom stereocenters. The van der Waals surface area contributed by atoms with Crippen molar-refractivity contribution in [1.82, 2.24) is 4.98 Å². The monoisotopic (exact) mass is 358 g/mol. The van der Waals surface area contributed by atoms with Crippen LogP contribution in [0.1, 0.15) is 27.4 Å². The summed E-state index contributed by atoms with van der Waals surface area (Å²) in [5, 5.41) is 19.5. The van der Waals surface area contributed by atoms with Gasteiger partial charge in [0.25, 0.3) is 0 Å². The molecule has 5 heteroatoms. The Morgan fingerprint density at radius 1 is 0.962 bits per heavy atom. The van der Waals surface area contributed by atoms with Gasteiger partial charge in [-0.25, -0.2) is 4.98 Å². The zero-order chi connectivity index (χ0) is 18.5. The minimum atomic E-state index is 0.527. The van der Waals surface area contributed by atoms with Crippen molar-refractivity contribution in [2.75, 3.05) is 0 Å². The Kier molecular flexibility index (Phi) is 5.35. The highest BCUT2D eigenvalue weighted by Gasteiger charge is 2.11. The highest BCUT2D eigenvalue weighted by molar-refractivity contribution is 7.16. The molecule has 0 fully saturated rings. The van der Waals surface area contributed by atoms with Crippen molar-refractivity contribution < 1.29 is 0 Å². The molecule has 0 aliphatic rings. The molecule has 1 heterocycles. The fourth-order valence-corrected chi connectivity index (χ4v) is 3.14. The third-order valence-corrected chi connectivity index (χ3v) is 4.88. The predicted molar refractivity (Wildman–Crippen MR) is 107 cm³/mol. The summed E-state index contributed by atoms with van der Waals surface area (Å²) in [5.74, 6) is 0. The second-order valence-electron chi connectivity index (χ2n) is 6.03. The molecule has 0 aliphatic heterocycles. The van der Waals surface area contributed by atoms with Crippen LogP contribution in [-0.4, -0.2) is 4.98 Å². The highest BCUT2D eigenvalue weighted by Crippen LogP contribution is 2.33. The van der Waals surface area contributed by atoms with Crippen molar-refractivity contribution in [2.24, 2.45) is 10.2 Å². The summed E-state index contributed by atoms with van der Waals surface area (Å²) < 4.78 is 0. The number of rotatable bonds is 4. The van der Waals surface area contributed by atoms with Gasteiger partial charge in [0.1, 0.15) is 11.1 Å². The summed E-state index contributed by atoms with van der Waals surface area (Å²) in [5.41, 5.74) is 5.43. The number of azo groups is 1. The van der Waals surface area contributed by atoms with Crippen LogP contribution in [0.5, 0.6) is 0 Å². The Labute approximate surface area is 157 Å². The van der Waals surface area contributed by atoms with Gasteiger partial charge in [0, 0.05) is 0 Å². The van der Waals surface area contributed by atoms with E-state index in [2.05, 4.69) is 21.3 Å². The molecule has 0 atom stereocenters. The lowest BCUT2D eigenvalue weighted by Gasteiger charge is -1.96. The zero-order valence-corrected chi connectivity index (χ0v) is 15.7. The predicted octanol–water partition coefficient (Wildman–Crippen LogP) is 6.55. The Morgan fingerprint density at radius 2 is 1.58 bits per heavy atom. The average molecular weight is 358 g/mol. The molecule has 2 aromatic carbocycles. The Balaban J connectivity index is 1.87. The van der Waals surface area contributed by atoms with Gasteiger partial charge in [-0.1, -0.05) is 58.9 Å². The highest BCUT2D eigenvalue weighted by atomic mass is 32.1. The lowest BCUT2D eigenvalue weighted by molar-refractivity contribution is 1.18. The summed E-state index contributed by atoms with van der Waals surface area (Å²) in [6, 6.07) is 18.1. The van der Waals surface area contributed by atoms with Gasteiger partial charge in [-0.2, -0.15) is 5.26 Å². The fourth-order valence-electron chi connectivity index (χ4n) is 2.28. The van der Waals surface area contributed by atoms with E-state index < -0.39 is 0 Å². The van der Waals surface area contributed by atoms with E-state index in [1.54, 1.807) is 0 Å². The first-order valence-electron chi connectivity index (χ1n) is 8.20. The van der Waals surface area contributed by atoms with Gasteiger partial charge < -0.3 is 0 Å². The number of nitriles is 1. The van der Waals surface area contributed by atoms with Crippen LogP contribution in [0.25, 0.3) is 11.6 Å². The van der Waals surface area contributed by atoms with Crippen molar-refractivity contribution >= 4 is 33.7 Å². The maximum atomic E-state index is 9.52. The first-order valence-corrected chi connectivity index (χ1v) is 9.01. The second-order valence-corrected chi connectivity index (χ2v) is 7.00. The lowest BCUT2D eigenvalue weighted by atomic mass is 10.1. The van der Waals surface area contributed by atoms with E-state index in [0.29, 0.717) is 15.6 Å². The molecule has 0 N–H and O–H groups in total. The molecular formula is C21H18N4S. The first-order chi connectivity index (χ1) is 12.5. The van der Waals surface area contributed by atoms with E-state index in [1.807, 2.05) is 75.4 Å². The standard InChI is InChI=1S/C21H18N4S/c1-14-4-8-17(9-5-14)12-18(13-22)21-23-16(3)20(26-21)25-24-19-10-6-15(2)7-11-19/h4-12H,1-3H3/b18-12-,25-24?. The largest absolute Gasteiger partial charge is 0.238 e. The molecule has 3 aromatic rings. The van der Waals surface area contributed by atoms with Gasteiger partial charge in [-0.05, 0) is 44.5 Å². The Morgan fingerprint density at radius 3 is 2.19 bits per heavy atom. The maximum absolute atomic E-state index is 9.52. The van der Waals surface area contributed by atoms with E-state index in [1.165, 1.54) is 22.5 Å². The van der Waals surface area contributed by atoms with Gasteiger partial charge in [-0.15, -0.1) is 10.2 Å².